The van der Waals surface area contributed by atoms with E-state index in [0.29, 0.717) is 5.56 Å². The summed E-state index contributed by atoms with van der Waals surface area (Å²) in [6.07, 6.45) is -0.995. The zero-order valence-corrected chi connectivity index (χ0v) is 7.60. The molecule has 0 fully saturated rings. The van der Waals surface area contributed by atoms with E-state index in [9.17, 15) is 9.59 Å². The van der Waals surface area contributed by atoms with Gasteiger partial charge in [0.05, 0.1) is 5.56 Å². The molecule has 0 bridgehead atoms. The van der Waals surface area contributed by atoms with E-state index in [1.807, 2.05) is 5.32 Å². The Labute approximate surface area is 81.0 Å². The Bertz CT molecular complexity index is 297. The van der Waals surface area contributed by atoms with Crippen molar-refractivity contribution in [3.63, 3.8) is 0 Å². The molecule has 14 heavy (non-hydrogen) atoms. The van der Waals surface area contributed by atoms with Gasteiger partial charge in [-0.15, -0.1) is 0 Å². The first-order chi connectivity index (χ1) is 6.57. The molecule has 0 aliphatic rings. The molecule has 1 aromatic rings. The standard InChI is InChI=1S/C7H6O2.C2H5NO2/c8-7(9)6-4-2-1-3-5-6;1-3-2(4)5/h1-5H,(H,8,9);3H,1H3,(H,4,5). The monoisotopic (exact) mass is 197 g/mol. The van der Waals surface area contributed by atoms with Gasteiger partial charge in [-0.3, -0.25) is 0 Å². The largest absolute Gasteiger partial charge is 0.478 e. The predicted octanol–water partition coefficient (Wildman–Crippen LogP) is 1.27. The first kappa shape index (κ1) is 12.0. The maximum Gasteiger partial charge on any atom is 0.404 e. The van der Waals surface area contributed by atoms with Crippen LogP contribution in [0.4, 0.5) is 4.79 Å². The number of carboxylic acids is 1. The Hall–Kier alpha value is -2.04. The number of hydrogen-bond acceptors (Lipinski definition) is 2. The molecule has 3 N–H and O–H groups in total. The first-order valence-corrected chi connectivity index (χ1v) is 3.77. The van der Waals surface area contributed by atoms with E-state index in [4.69, 9.17) is 10.2 Å². The van der Waals surface area contributed by atoms with Crippen LogP contribution in [-0.2, 0) is 0 Å². The van der Waals surface area contributed by atoms with Crippen molar-refractivity contribution in [3.05, 3.63) is 35.9 Å². The molecule has 5 nitrogen and oxygen atoms in total. The van der Waals surface area contributed by atoms with E-state index >= 15 is 0 Å². The average Bonchev–Trinajstić information content (AvgIpc) is 2.20. The van der Waals surface area contributed by atoms with Crippen molar-refractivity contribution >= 4 is 12.1 Å². The molecule has 0 saturated heterocycles. The van der Waals surface area contributed by atoms with Crippen LogP contribution in [0.15, 0.2) is 30.3 Å². The van der Waals surface area contributed by atoms with Crippen LogP contribution < -0.4 is 5.32 Å². The molecule has 0 aliphatic carbocycles. The summed E-state index contributed by atoms with van der Waals surface area (Å²) in [7, 11) is 1.35. The molecule has 1 amide bonds. The minimum atomic E-state index is -0.995. The molecule has 0 aliphatic heterocycles. The second-order valence-corrected chi connectivity index (χ2v) is 2.23. The van der Waals surface area contributed by atoms with E-state index in [-0.39, 0.29) is 0 Å². The number of carboxylic acid groups (broad SMARTS) is 2. The van der Waals surface area contributed by atoms with Gasteiger partial charge >= 0.3 is 12.1 Å². The van der Waals surface area contributed by atoms with E-state index < -0.39 is 12.1 Å². The third kappa shape index (κ3) is 5.59. The van der Waals surface area contributed by atoms with E-state index in [1.54, 1.807) is 30.3 Å². The predicted molar refractivity (Wildman–Crippen MR) is 50.5 cm³/mol. The van der Waals surface area contributed by atoms with Gasteiger partial charge < -0.3 is 15.5 Å². The van der Waals surface area contributed by atoms with Crippen molar-refractivity contribution in [1.29, 1.82) is 0 Å². The highest BCUT2D eigenvalue weighted by Crippen LogP contribution is 1.96. The van der Waals surface area contributed by atoms with Gasteiger partial charge in [0, 0.05) is 7.05 Å². The van der Waals surface area contributed by atoms with Crippen LogP contribution >= 0.6 is 0 Å². The van der Waals surface area contributed by atoms with Crippen LogP contribution in [0.1, 0.15) is 10.4 Å². The summed E-state index contributed by atoms with van der Waals surface area (Å²) in [6.45, 7) is 0. The minimum Gasteiger partial charge on any atom is -0.478 e. The van der Waals surface area contributed by atoms with E-state index in [2.05, 4.69) is 0 Å². The number of benzene rings is 1. The van der Waals surface area contributed by atoms with Crippen molar-refractivity contribution in [2.45, 2.75) is 0 Å². The van der Waals surface area contributed by atoms with Crippen LogP contribution in [0.3, 0.4) is 0 Å². The lowest BCUT2D eigenvalue weighted by molar-refractivity contribution is 0.0697. The Kier molecular flexibility index (Phi) is 5.53. The zero-order valence-electron chi connectivity index (χ0n) is 7.60. The highest BCUT2D eigenvalue weighted by Gasteiger charge is 1.96. The highest BCUT2D eigenvalue weighted by molar-refractivity contribution is 5.87. The summed E-state index contributed by atoms with van der Waals surface area (Å²) in [5.74, 6) is -0.879. The molecule has 1 aromatic carbocycles. The normalized spacial score (nSPS) is 8.07. The number of rotatable bonds is 1. The third-order valence-corrected chi connectivity index (χ3v) is 1.23. The van der Waals surface area contributed by atoms with Gasteiger partial charge in [-0.1, -0.05) is 18.2 Å². The van der Waals surface area contributed by atoms with Crippen molar-refractivity contribution in [3.8, 4) is 0 Å². The molecular formula is C9H11NO4. The lowest BCUT2D eigenvalue weighted by atomic mass is 10.2. The molecule has 0 heterocycles. The van der Waals surface area contributed by atoms with Crippen LogP contribution in [0.2, 0.25) is 0 Å². The van der Waals surface area contributed by atoms with Gasteiger partial charge in [-0.25, -0.2) is 9.59 Å². The molecule has 76 valence electrons. The number of carbonyl (C=O) groups is 2. The van der Waals surface area contributed by atoms with Crippen molar-refractivity contribution < 1.29 is 19.8 Å². The first-order valence-electron chi connectivity index (χ1n) is 3.77. The fourth-order valence-corrected chi connectivity index (χ4v) is 0.581. The zero-order chi connectivity index (χ0) is 11.0. The van der Waals surface area contributed by atoms with Gasteiger partial charge in [0.1, 0.15) is 0 Å². The molecule has 0 radical (unpaired) electrons. The molecule has 0 aromatic heterocycles. The van der Waals surface area contributed by atoms with Gasteiger partial charge in [0.15, 0.2) is 0 Å². The van der Waals surface area contributed by atoms with Crippen molar-refractivity contribution in [1.82, 2.24) is 5.32 Å². The maximum atomic E-state index is 10.2. The number of amides is 1. The molecule has 0 spiro atoms. The smallest absolute Gasteiger partial charge is 0.404 e. The van der Waals surface area contributed by atoms with Gasteiger partial charge in [0.25, 0.3) is 0 Å². The molecule has 0 saturated carbocycles. The number of nitrogens with one attached hydrogen (secondary N) is 1. The van der Waals surface area contributed by atoms with Crippen LogP contribution in [-0.4, -0.2) is 29.3 Å². The third-order valence-electron chi connectivity index (χ3n) is 1.23. The summed E-state index contributed by atoms with van der Waals surface area (Å²) >= 11 is 0. The van der Waals surface area contributed by atoms with Crippen molar-refractivity contribution in [2.24, 2.45) is 0 Å². The van der Waals surface area contributed by atoms with Crippen LogP contribution in [0.25, 0.3) is 0 Å². The van der Waals surface area contributed by atoms with Crippen LogP contribution in [0, 0.1) is 0 Å². The van der Waals surface area contributed by atoms with E-state index in [1.165, 1.54) is 7.05 Å². The summed E-state index contributed by atoms with van der Waals surface area (Å²) < 4.78 is 0. The topological polar surface area (TPSA) is 86.6 Å². The number of aromatic carboxylic acids is 1. The van der Waals surface area contributed by atoms with E-state index in [0.717, 1.165) is 0 Å². The highest BCUT2D eigenvalue weighted by atomic mass is 16.4. The Morgan fingerprint density at radius 1 is 1.14 bits per heavy atom. The summed E-state index contributed by atoms with van der Waals surface area (Å²) in [5.41, 5.74) is 0.331. The molecule has 1 rings (SSSR count). The number of hydrogen-bond donors (Lipinski definition) is 3. The summed E-state index contributed by atoms with van der Waals surface area (Å²) in [4.78, 5) is 19.5. The van der Waals surface area contributed by atoms with Gasteiger partial charge in [-0.05, 0) is 12.1 Å². The Morgan fingerprint density at radius 2 is 1.57 bits per heavy atom. The molecular weight excluding hydrogens is 186 g/mol. The lowest BCUT2D eigenvalue weighted by Crippen LogP contribution is -2.13. The quantitative estimate of drug-likeness (QED) is 0.632. The van der Waals surface area contributed by atoms with Crippen LogP contribution in [0.5, 0.6) is 0 Å². The summed E-state index contributed by atoms with van der Waals surface area (Å²) in [5, 5.41) is 17.9. The van der Waals surface area contributed by atoms with Gasteiger partial charge in [-0.2, -0.15) is 0 Å². The lowest BCUT2D eigenvalue weighted by Gasteiger charge is -1.88. The molecule has 0 unspecified atom stereocenters. The SMILES string of the molecule is CNC(=O)O.O=C(O)c1ccccc1. The minimum absolute atomic E-state index is 0.331. The van der Waals surface area contributed by atoms with Gasteiger partial charge in [0.2, 0.25) is 0 Å². The maximum absolute atomic E-state index is 10.2. The Balaban J connectivity index is 0.000000292. The van der Waals surface area contributed by atoms with Crippen molar-refractivity contribution in [2.75, 3.05) is 7.05 Å². The fourth-order valence-electron chi connectivity index (χ4n) is 0.581. The summed E-state index contributed by atoms with van der Waals surface area (Å²) in [6, 6.07) is 8.30. The average molecular weight is 197 g/mol. The second-order valence-electron chi connectivity index (χ2n) is 2.23. The molecule has 0 atom stereocenters. The second kappa shape index (κ2) is 6.47. The Morgan fingerprint density at radius 3 is 1.79 bits per heavy atom. The molecule has 5 heteroatoms. The fraction of sp³-hybridized carbons (Fsp3) is 0.111.